The SMILES string of the molecule is O=c1[nH]c(=O)n(Cc2ccccc2Cl)c(O)c1C=C1C=CC=N1. The molecular weight excluding hydrogens is 318 g/mol. The van der Waals surface area contributed by atoms with E-state index in [0.29, 0.717) is 16.3 Å². The van der Waals surface area contributed by atoms with Gasteiger partial charge >= 0.3 is 5.69 Å². The van der Waals surface area contributed by atoms with Crippen molar-refractivity contribution in [2.75, 3.05) is 0 Å². The molecule has 1 aromatic heterocycles. The second-order valence-corrected chi connectivity index (χ2v) is 5.29. The summed E-state index contributed by atoms with van der Waals surface area (Å²) in [6, 6.07) is 6.96. The van der Waals surface area contributed by atoms with Gasteiger partial charge in [-0.1, -0.05) is 29.8 Å². The van der Waals surface area contributed by atoms with E-state index in [-0.39, 0.29) is 12.1 Å². The third kappa shape index (κ3) is 3.02. The Hall–Kier alpha value is -2.86. The van der Waals surface area contributed by atoms with Crippen LogP contribution in [0.2, 0.25) is 5.02 Å². The molecule has 0 saturated heterocycles. The number of H-pyrrole nitrogens is 1. The van der Waals surface area contributed by atoms with Gasteiger partial charge in [0.15, 0.2) is 0 Å². The average Bonchev–Trinajstić information content (AvgIpc) is 3.03. The number of hydrogen-bond donors (Lipinski definition) is 2. The Bertz CT molecular complexity index is 953. The molecule has 7 heteroatoms. The Labute approximate surface area is 135 Å². The molecule has 0 unspecified atom stereocenters. The molecule has 0 atom stereocenters. The molecule has 0 amide bonds. The van der Waals surface area contributed by atoms with Crippen molar-refractivity contribution in [3.05, 3.63) is 79.1 Å². The first-order valence-electron chi connectivity index (χ1n) is 6.78. The number of aromatic amines is 1. The molecule has 1 aliphatic rings. The van der Waals surface area contributed by atoms with E-state index in [9.17, 15) is 14.7 Å². The Balaban J connectivity index is 2.11. The second kappa shape index (κ2) is 6.10. The van der Waals surface area contributed by atoms with Crippen LogP contribution in [0.3, 0.4) is 0 Å². The summed E-state index contributed by atoms with van der Waals surface area (Å²) in [5.74, 6) is -0.429. The molecule has 0 spiro atoms. The Kier molecular flexibility index (Phi) is 3.99. The van der Waals surface area contributed by atoms with E-state index in [1.165, 1.54) is 6.08 Å². The first-order valence-corrected chi connectivity index (χ1v) is 7.16. The van der Waals surface area contributed by atoms with Gasteiger partial charge in [-0.2, -0.15) is 0 Å². The van der Waals surface area contributed by atoms with Gasteiger partial charge in [0.25, 0.3) is 5.56 Å². The van der Waals surface area contributed by atoms with Gasteiger partial charge in [0.05, 0.1) is 12.2 Å². The van der Waals surface area contributed by atoms with E-state index in [1.54, 1.807) is 42.6 Å². The fraction of sp³-hybridized carbons (Fsp3) is 0.0625. The van der Waals surface area contributed by atoms with Crippen LogP contribution in [0.1, 0.15) is 11.1 Å². The Morgan fingerprint density at radius 1 is 1.30 bits per heavy atom. The van der Waals surface area contributed by atoms with Crippen LogP contribution in [0.25, 0.3) is 6.08 Å². The van der Waals surface area contributed by atoms with Gasteiger partial charge in [-0.05, 0) is 29.9 Å². The zero-order valence-corrected chi connectivity index (χ0v) is 12.6. The van der Waals surface area contributed by atoms with Crippen LogP contribution in [0.4, 0.5) is 0 Å². The van der Waals surface area contributed by atoms with E-state index in [1.807, 2.05) is 0 Å². The lowest BCUT2D eigenvalue weighted by Crippen LogP contribution is -2.31. The summed E-state index contributed by atoms with van der Waals surface area (Å²) in [6.45, 7) is 0.0381. The van der Waals surface area contributed by atoms with Crippen molar-refractivity contribution in [2.24, 2.45) is 4.99 Å². The maximum atomic E-state index is 12.0. The number of allylic oxidation sites excluding steroid dienone is 2. The molecule has 1 aromatic carbocycles. The fourth-order valence-corrected chi connectivity index (χ4v) is 2.39. The lowest BCUT2D eigenvalue weighted by molar-refractivity contribution is 0.408. The minimum absolute atomic E-state index is 0.0321. The predicted molar refractivity (Wildman–Crippen MR) is 89.2 cm³/mol. The number of aliphatic imine (C=N–C) groups is 1. The molecule has 116 valence electrons. The van der Waals surface area contributed by atoms with Crippen molar-refractivity contribution in [3.8, 4) is 5.88 Å². The first kappa shape index (κ1) is 15.1. The normalized spacial score (nSPS) is 14.7. The summed E-state index contributed by atoms with van der Waals surface area (Å²) in [5.41, 5.74) is -0.258. The molecule has 6 nitrogen and oxygen atoms in total. The van der Waals surface area contributed by atoms with Crippen molar-refractivity contribution >= 4 is 23.9 Å². The van der Waals surface area contributed by atoms with E-state index in [2.05, 4.69) is 9.98 Å². The summed E-state index contributed by atoms with van der Waals surface area (Å²) < 4.78 is 1.05. The first-order chi connectivity index (χ1) is 11.1. The van der Waals surface area contributed by atoms with Gasteiger partial charge < -0.3 is 5.11 Å². The van der Waals surface area contributed by atoms with Gasteiger partial charge in [-0.25, -0.2) is 4.79 Å². The molecule has 0 aliphatic carbocycles. The topological polar surface area (TPSA) is 87.5 Å². The lowest BCUT2D eigenvalue weighted by atomic mass is 10.2. The Morgan fingerprint density at radius 3 is 2.78 bits per heavy atom. The van der Waals surface area contributed by atoms with Crippen LogP contribution >= 0.6 is 11.6 Å². The number of aromatic nitrogens is 2. The Morgan fingerprint density at radius 2 is 2.09 bits per heavy atom. The lowest BCUT2D eigenvalue weighted by Gasteiger charge is -2.11. The maximum absolute atomic E-state index is 12.0. The van der Waals surface area contributed by atoms with Crippen LogP contribution < -0.4 is 11.2 Å². The quantitative estimate of drug-likeness (QED) is 0.902. The minimum Gasteiger partial charge on any atom is -0.494 e. The van der Waals surface area contributed by atoms with E-state index in [0.717, 1.165) is 4.57 Å². The molecule has 0 radical (unpaired) electrons. The summed E-state index contributed by atoms with van der Waals surface area (Å²) >= 11 is 6.08. The highest BCUT2D eigenvalue weighted by Crippen LogP contribution is 2.20. The van der Waals surface area contributed by atoms with Crippen molar-refractivity contribution in [1.82, 2.24) is 9.55 Å². The number of nitrogens with zero attached hydrogens (tertiary/aromatic N) is 2. The smallest absolute Gasteiger partial charge is 0.331 e. The molecule has 0 saturated carbocycles. The van der Waals surface area contributed by atoms with Crippen LogP contribution in [0, 0.1) is 0 Å². The van der Waals surface area contributed by atoms with Crippen molar-refractivity contribution in [1.29, 1.82) is 0 Å². The van der Waals surface area contributed by atoms with Gasteiger partial charge in [-0.3, -0.25) is 19.3 Å². The van der Waals surface area contributed by atoms with E-state index >= 15 is 0 Å². The van der Waals surface area contributed by atoms with E-state index < -0.39 is 17.1 Å². The summed E-state index contributed by atoms with van der Waals surface area (Å²) in [7, 11) is 0. The number of nitrogens with one attached hydrogen (secondary N) is 1. The molecule has 0 fully saturated rings. The molecule has 2 aromatic rings. The molecule has 1 aliphatic heterocycles. The molecule has 3 rings (SSSR count). The third-order valence-corrected chi connectivity index (χ3v) is 3.73. The van der Waals surface area contributed by atoms with Crippen LogP contribution in [-0.2, 0) is 6.54 Å². The van der Waals surface area contributed by atoms with Crippen LogP contribution in [-0.4, -0.2) is 20.9 Å². The highest BCUT2D eigenvalue weighted by atomic mass is 35.5. The van der Waals surface area contributed by atoms with Crippen LogP contribution in [0.5, 0.6) is 5.88 Å². The second-order valence-electron chi connectivity index (χ2n) is 4.88. The highest BCUT2D eigenvalue weighted by Gasteiger charge is 2.14. The van der Waals surface area contributed by atoms with E-state index in [4.69, 9.17) is 11.6 Å². The highest BCUT2D eigenvalue weighted by molar-refractivity contribution is 6.31. The van der Waals surface area contributed by atoms with Gasteiger partial charge in [0.1, 0.15) is 5.56 Å². The van der Waals surface area contributed by atoms with Crippen LogP contribution in [0.15, 0.2) is 56.7 Å². The molecule has 2 N–H and O–H groups in total. The van der Waals surface area contributed by atoms with Crippen molar-refractivity contribution in [3.63, 3.8) is 0 Å². The monoisotopic (exact) mass is 329 g/mol. The molecular formula is C16H12ClN3O3. The van der Waals surface area contributed by atoms with Gasteiger partial charge in [0, 0.05) is 11.2 Å². The van der Waals surface area contributed by atoms with Crippen molar-refractivity contribution < 1.29 is 5.11 Å². The number of hydrogen-bond acceptors (Lipinski definition) is 4. The van der Waals surface area contributed by atoms with Gasteiger partial charge in [0.2, 0.25) is 5.88 Å². The average molecular weight is 330 g/mol. The number of halogens is 1. The summed E-state index contributed by atoms with van der Waals surface area (Å²) in [5, 5.41) is 10.8. The number of aromatic hydroxyl groups is 1. The maximum Gasteiger partial charge on any atom is 0.331 e. The zero-order valence-electron chi connectivity index (χ0n) is 11.9. The standard InChI is InChI=1S/C16H12ClN3O3/c17-13-6-2-1-4-10(13)9-20-15(22)12(14(21)19-16(20)23)8-11-5-3-7-18-11/h1-8,22H,9H2,(H,19,21,23). The molecule has 2 heterocycles. The van der Waals surface area contributed by atoms with Crippen molar-refractivity contribution in [2.45, 2.75) is 6.54 Å². The predicted octanol–water partition coefficient (Wildman–Crippen LogP) is 1.93. The third-order valence-electron chi connectivity index (χ3n) is 3.36. The largest absolute Gasteiger partial charge is 0.494 e. The summed E-state index contributed by atoms with van der Waals surface area (Å²) in [6.07, 6.45) is 6.37. The summed E-state index contributed by atoms with van der Waals surface area (Å²) in [4.78, 5) is 30.2. The molecule has 0 bridgehead atoms. The zero-order chi connectivity index (χ0) is 16.4. The number of rotatable bonds is 3. The van der Waals surface area contributed by atoms with Gasteiger partial charge in [-0.15, -0.1) is 0 Å². The fourth-order valence-electron chi connectivity index (χ4n) is 2.20. The molecule has 23 heavy (non-hydrogen) atoms. The minimum atomic E-state index is -0.708. The number of benzene rings is 1.